The molecule has 2 aromatic rings. The second kappa shape index (κ2) is 6.84. The monoisotopic (exact) mass is 382 g/mol. The molecule has 0 bridgehead atoms. The molecule has 1 aromatic heterocycles. The third kappa shape index (κ3) is 4.07. The number of likely N-dealkylation sites (N-methyl/N-ethyl adjacent to an activating group) is 1. The van der Waals surface area contributed by atoms with Gasteiger partial charge in [0.1, 0.15) is 10.8 Å². The zero-order valence-corrected chi connectivity index (χ0v) is 15.7. The van der Waals surface area contributed by atoms with E-state index < -0.39 is 9.84 Å². The minimum Gasteiger partial charge on any atom is -0.341 e. The van der Waals surface area contributed by atoms with E-state index in [0.717, 1.165) is 21.1 Å². The summed E-state index contributed by atoms with van der Waals surface area (Å²) in [6.45, 7) is 1.84. The summed E-state index contributed by atoms with van der Waals surface area (Å²) in [7, 11) is -1.37. The molecule has 1 fully saturated rings. The SMILES string of the molecule is Cc1nc(-c2ccc(F)cc2)sc1CC(=O)N(C)C1CCS(=O)(=O)C1. The summed E-state index contributed by atoms with van der Waals surface area (Å²) in [6, 6.07) is 5.84. The average Bonchev–Trinajstić information content (AvgIpc) is 3.10. The lowest BCUT2D eigenvalue weighted by molar-refractivity contribution is -0.130. The Bertz CT molecular complexity index is 891. The van der Waals surface area contributed by atoms with Crippen molar-refractivity contribution in [3.05, 3.63) is 40.7 Å². The quantitative estimate of drug-likeness (QED) is 0.815. The summed E-state index contributed by atoms with van der Waals surface area (Å²) in [5, 5.41) is 0.742. The van der Waals surface area contributed by atoms with Gasteiger partial charge in [-0.15, -0.1) is 11.3 Å². The summed E-state index contributed by atoms with van der Waals surface area (Å²) < 4.78 is 36.2. The highest BCUT2D eigenvalue weighted by Gasteiger charge is 2.32. The summed E-state index contributed by atoms with van der Waals surface area (Å²) >= 11 is 1.41. The van der Waals surface area contributed by atoms with Crippen LogP contribution in [0.1, 0.15) is 17.0 Å². The molecule has 3 rings (SSSR count). The molecule has 1 atom stereocenters. The lowest BCUT2D eigenvalue weighted by Crippen LogP contribution is -2.38. The number of halogens is 1. The third-order valence-electron chi connectivity index (χ3n) is 4.45. The van der Waals surface area contributed by atoms with E-state index in [0.29, 0.717) is 6.42 Å². The van der Waals surface area contributed by atoms with Gasteiger partial charge in [-0.3, -0.25) is 4.79 Å². The molecule has 1 aliphatic rings. The summed E-state index contributed by atoms with van der Waals surface area (Å²) in [6.07, 6.45) is 0.685. The average molecular weight is 382 g/mol. The Balaban J connectivity index is 1.72. The molecule has 0 radical (unpaired) electrons. The topological polar surface area (TPSA) is 67.3 Å². The highest BCUT2D eigenvalue weighted by Crippen LogP contribution is 2.29. The minimum absolute atomic E-state index is 0.0394. The summed E-state index contributed by atoms with van der Waals surface area (Å²) in [5.41, 5.74) is 1.58. The van der Waals surface area contributed by atoms with Crippen LogP contribution < -0.4 is 0 Å². The maximum absolute atomic E-state index is 13.0. The van der Waals surface area contributed by atoms with Gasteiger partial charge in [0.2, 0.25) is 5.91 Å². The molecule has 25 heavy (non-hydrogen) atoms. The molecule has 1 aliphatic heterocycles. The predicted molar refractivity (Wildman–Crippen MR) is 95.8 cm³/mol. The number of hydrogen-bond donors (Lipinski definition) is 0. The Hall–Kier alpha value is -1.80. The molecule has 1 aromatic carbocycles. The van der Waals surface area contributed by atoms with E-state index in [9.17, 15) is 17.6 Å². The van der Waals surface area contributed by atoms with Gasteiger partial charge in [-0.25, -0.2) is 17.8 Å². The van der Waals surface area contributed by atoms with E-state index in [1.165, 1.54) is 23.5 Å². The highest BCUT2D eigenvalue weighted by molar-refractivity contribution is 7.91. The minimum atomic E-state index is -3.02. The largest absolute Gasteiger partial charge is 0.341 e. The molecule has 0 saturated carbocycles. The molecule has 2 heterocycles. The van der Waals surface area contributed by atoms with E-state index in [-0.39, 0.29) is 35.7 Å². The standard InChI is InChI=1S/C17H19FN2O3S2/c1-11-15(24-17(19-11)12-3-5-13(18)6-4-12)9-16(21)20(2)14-7-8-25(22,23)10-14/h3-6,14H,7-10H2,1-2H3. The van der Waals surface area contributed by atoms with Gasteiger partial charge >= 0.3 is 0 Å². The number of carbonyl (C=O) groups excluding carboxylic acids is 1. The van der Waals surface area contributed by atoms with Crippen LogP contribution in [0.3, 0.4) is 0 Å². The number of aryl methyl sites for hydroxylation is 1. The maximum Gasteiger partial charge on any atom is 0.227 e. The third-order valence-corrected chi connectivity index (χ3v) is 7.40. The maximum atomic E-state index is 13.0. The molecular weight excluding hydrogens is 363 g/mol. The van der Waals surface area contributed by atoms with E-state index in [1.807, 2.05) is 6.92 Å². The lowest BCUT2D eigenvalue weighted by atomic mass is 10.2. The van der Waals surface area contributed by atoms with Crippen molar-refractivity contribution in [3.8, 4) is 10.6 Å². The predicted octanol–water partition coefficient (Wildman–Crippen LogP) is 2.45. The Morgan fingerprint density at radius 1 is 1.36 bits per heavy atom. The number of rotatable bonds is 4. The lowest BCUT2D eigenvalue weighted by Gasteiger charge is -2.23. The zero-order chi connectivity index (χ0) is 18.2. The van der Waals surface area contributed by atoms with Crippen molar-refractivity contribution >= 4 is 27.1 Å². The summed E-state index contributed by atoms with van der Waals surface area (Å²) in [4.78, 5) is 19.4. The fourth-order valence-electron chi connectivity index (χ4n) is 2.85. The molecule has 0 N–H and O–H groups in total. The Kier molecular flexibility index (Phi) is 4.92. The normalized spacial score (nSPS) is 19.1. The van der Waals surface area contributed by atoms with Gasteiger partial charge < -0.3 is 4.90 Å². The molecule has 134 valence electrons. The van der Waals surface area contributed by atoms with Crippen molar-refractivity contribution in [2.24, 2.45) is 0 Å². The van der Waals surface area contributed by atoms with Crippen LogP contribution in [-0.4, -0.2) is 48.8 Å². The number of carbonyl (C=O) groups is 1. The van der Waals surface area contributed by atoms with Gasteiger partial charge in [-0.05, 0) is 37.6 Å². The first-order valence-electron chi connectivity index (χ1n) is 7.93. The van der Waals surface area contributed by atoms with Crippen LogP contribution in [0, 0.1) is 12.7 Å². The Morgan fingerprint density at radius 3 is 2.64 bits per heavy atom. The van der Waals surface area contributed by atoms with E-state index >= 15 is 0 Å². The van der Waals surface area contributed by atoms with Gasteiger partial charge in [0.15, 0.2) is 9.84 Å². The smallest absolute Gasteiger partial charge is 0.227 e. The van der Waals surface area contributed by atoms with Gasteiger partial charge in [-0.2, -0.15) is 0 Å². The van der Waals surface area contributed by atoms with Crippen molar-refractivity contribution in [1.82, 2.24) is 9.88 Å². The number of thiazole rings is 1. The van der Waals surface area contributed by atoms with Gasteiger partial charge in [0.25, 0.3) is 0 Å². The van der Waals surface area contributed by atoms with E-state index in [4.69, 9.17) is 0 Å². The van der Waals surface area contributed by atoms with Crippen LogP contribution >= 0.6 is 11.3 Å². The molecule has 1 saturated heterocycles. The van der Waals surface area contributed by atoms with Crippen molar-refractivity contribution in [2.75, 3.05) is 18.6 Å². The molecule has 1 unspecified atom stereocenters. The fraction of sp³-hybridized carbons (Fsp3) is 0.412. The van der Waals surface area contributed by atoms with Gasteiger partial charge in [0, 0.05) is 23.5 Å². The highest BCUT2D eigenvalue weighted by atomic mass is 32.2. The van der Waals surface area contributed by atoms with E-state index in [1.54, 1.807) is 24.1 Å². The number of aromatic nitrogens is 1. The number of sulfone groups is 1. The van der Waals surface area contributed by atoms with Crippen LogP contribution in [0.5, 0.6) is 0 Å². The first-order chi connectivity index (χ1) is 11.7. The molecule has 1 amide bonds. The Labute approximate surface area is 150 Å². The number of amides is 1. The second-order valence-electron chi connectivity index (χ2n) is 6.27. The Morgan fingerprint density at radius 2 is 2.04 bits per heavy atom. The molecule has 8 heteroatoms. The fourth-order valence-corrected chi connectivity index (χ4v) is 5.69. The number of nitrogens with zero attached hydrogens (tertiary/aromatic N) is 2. The summed E-state index contributed by atoms with van der Waals surface area (Å²) in [5.74, 6) is -0.235. The zero-order valence-electron chi connectivity index (χ0n) is 14.0. The van der Waals surface area contributed by atoms with Crippen molar-refractivity contribution in [2.45, 2.75) is 25.8 Å². The van der Waals surface area contributed by atoms with Gasteiger partial charge in [0.05, 0.1) is 23.6 Å². The number of hydrogen-bond acceptors (Lipinski definition) is 5. The molecular formula is C17H19FN2O3S2. The first-order valence-corrected chi connectivity index (χ1v) is 10.6. The molecule has 0 aliphatic carbocycles. The van der Waals surface area contributed by atoms with Crippen molar-refractivity contribution < 1.29 is 17.6 Å². The van der Waals surface area contributed by atoms with Crippen LogP contribution in [0.25, 0.3) is 10.6 Å². The van der Waals surface area contributed by atoms with Crippen molar-refractivity contribution in [1.29, 1.82) is 0 Å². The second-order valence-corrected chi connectivity index (χ2v) is 9.59. The van der Waals surface area contributed by atoms with Crippen LogP contribution in [-0.2, 0) is 21.1 Å². The van der Waals surface area contributed by atoms with Gasteiger partial charge in [-0.1, -0.05) is 0 Å². The van der Waals surface area contributed by atoms with Crippen molar-refractivity contribution in [3.63, 3.8) is 0 Å². The molecule has 0 spiro atoms. The first kappa shape index (κ1) is 18.0. The van der Waals surface area contributed by atoms with Crippen LogP contribution in [0.15, 0.2) is 24.3 Å². The van der Waals surface area contributed by atoms with E-state index in [2.05, 4.69) is 4.98 Å². The molecule has 5 nitrogen and oxygen atoms in total. The number of benzene rings is 1. The van der Waals surface area contributed by atoms with Crippen LogP contribution in [0.4, 0.5) is 4.39 Å². The van der Waals surface area contributed by atoms with Crippen LogP contribution in [0.2, 0.25) is 0 Å².